The van der Waals surface area contributed by atoms with Crippen molar-refractivity contribution < 1.29 is 4.79 Å². The molecular formula is C26H26ClN7O. The van der Waals surface area contributed by atoms with E-state index in [1.165, 1.54) is 0 Å². The van der Waals surface area contributed by atoms with Gasteiger partial charge in [0.2, 0.25) is 0 Å². The predicted molar refractivity (Wildman–Crippen MR) is 135 cm³/mol. The lowest BCUT2D eigenvalue weighted by Crippen LogP contribution is -2.33. The Morgan fingerprint density at radius 2 is 1.86 bits per heavy atom. The molecule has 178 valence electrons. The molecule has 0 atom stereocenters. The highest BCUT2D eigenvalue weighted by molar-refractivity contribution is 6.30. The molecule has 0 aliphatic carbocycles. The number of fused-ring (bicyclic) bond motifs is 1. The van der Waals surface area contributed by atoms with E-state index in [1.54, 1.807) is 18.6 Å². The summed E-state index contributed by atoms with van der Waals surface area (Å²) in [5, 5.41) is 7.42. The number of carbonyl (C=O) groups is 1. The Morgan fingerprint density at radius 3 is 2.66 bits per heavy atom. The van der Waals surface area contributed by atoms with Crippen LogP contribution >= 0.6 is 11.6 Å². The van der Waals surface area contributed by atoms with Gasteiger partial charge >= 0.3 is 0 Å². The Bertz CT molecular complexity index is 1290. The zero-order valence-electron chi connectivity index (χ0n) is 19.2. The summed E-state index contributed by atoms with van der Waals surface area (Å²) in [5.41, 5.74) is 3.51. The summed E-state index contributed by atoms with van der Waals surface area (Å²) < 4.78 is 2.01. The largest absolute Gasteiger partial charge is 0.366 e. The second-order valence-electron chi connectivity index (χ2n) is 8.38. The van der Waals surface area contributed by atoms with Gasteiger partial charge in [-0.2, -0.15) is 0 Å². The first kappa shape index (κ1) is 23.0. The quantitative estimate of drug-likeness (QED) is 0.394. The third-order valence-corrected chi connectivity index (χ3v) is 6.10. The number of hydrogen-bond donors (Lipinski definition) is 2. The number of rotatable bonds is 8. The Hall–Kier alpha value is -3.75. The van der Waals surface area contributed by atoms with Gasteiger partial charge < -0.3 is 20.1 Å². The standard InChI is InChI=1S/C26H26ClN7O/c27-21-8-4-7-20(13-21)17-33-12-11-31-25-24(26(33)35)34(18-19-5-2-1-3-6-19)23(32-25)16-29-15-22-14-28-9-10-30-22/h1-10,13-14,29,31H,11-12,15-18H2. The molecule has 1 aliphatic heterocycles. The monoisotopic (exact) mass is 487 g/mol. The van der Waals surface area contributed by atoms with Crippen molar-refractivity contribution in [2.45, 2.75) is 26.2 Å². The van der Waals surface area contributed by atoms with Gasteiger partial charge in [0.25, 0.3) is 5.91 Å². The van der Waals surface area contributed by atoms with Crippen molar-refractivity contribution in [1.82, 2.24) is 29.7 Å². The minimum absolute atomic E-state index is 0.0476. The van der Waals surface area contributed by atoms with Gasteiger partial charge in [0.15, 0.2) is 11.5 Å². The molecule has 8 nitrogen and oxygen atoms in total. The van der Waals surface area contributed by atoms with Gasteiger partial charge in [-0.05, 0) is 23.3 Å². The first-order valence-electron chi connectivity index (χ1n) is 11.5. The summed E-state index contributed by atoms with van der Waals surface area (Å²) in [7, 11) is 0. The van der Waals surface area contributed by atoms with Crippen molar-refractivity contribution in [3.05, 3.63) is 107 Å². The van der Waals surface area contributed by atoms with Crippen LogP contribution in [0.3, 0.4) is 0 Å². The summed E-state index contributed by atoms with van der Waals surface area (Å²) in [4.78, 5) is 28.9. The topological polar surface area (TPSA) is 88.0 Å². The minimum atomic E-state index is -0.0476. The second kappa shape index (κ2) is 10.7. The number of hydrogen-bond acceptors (Lipinski definition) is 6. The fourth-order valence-electron chi connectivity index (χ4n) is 4.20. The Labute approximate surface area is 209 Å². The predicted octanol–water partition coefficient (Wildman–Crippen LogP) is 3.73. The Balaban J connectivity index is 1.44. The maximum atomic E-state index is 13.8. The number of halogens is 1. The SMILES string of the molecule is O=C1c2c(nc(CNCc3cnccn3)n2Cc2ccccc2)NCCN1Cc1cccc(Cl)c1. The van der Waals surface area contributed by atoms with Crippen molar-refractivity contribution in [3.63, 3.8) is 0 Å². The number of nitrogens with one attached hydrogen (secondary N) is 2. The molecule has 0 radical (unpaired) electrons. The molecular weight excluding hydrogens is 462 g/mol. The highest BCUT2D eigenvalue weighted by atomic mass is 35.5. The van der Waals surface area contributed by atoms with Crippen LogP contribution < -0.4 is 10.6 Å². The molecule has 0 unspecified atom stereocenters. The zero-order valence-corrected chi connectivity index (χ0v) is 19.9. The number of aromatic nitrogens is 4. The number of anilines is 1. The molecule has 2 aromatic heterocycles. The molecule has 5 rings (SSSR count). The molecule has 2 aromatic carbocycles. The smallest absolute Gasteiger partial charge is 0.274 e. The van der Waals surface area contributed by atoms with Crippen LogP contribution in [0.4, 0.5) is 5.82 Å². The molecule has 1 aliphatic rings. The van der Waals surface area contributed by atoms with Crippen LogP contribution in [-0.2, 0) is 26.2 Å². The molecule has 1 amide bonds. The van der Waals surface area contributed by atoms with Gasteiger partial charge in [0.05, 0.1) is 12.2 Å². The number of benzene rings is 2. The molecule has 0 saturated heterocycles. The number of carbonyl (C=O) groups excluding carboxylic acids is 1. The summed E-state index contributed by atoms with van der Waals surface area (Å²) in [6, 6.07) is 17.7. The number of nitrogens with zero attached hydrogens (tertiary/aromatic N) is 5. The van der Waals surface area contributed by atoms with Crippen LogP contribution in [0.25, 0.3) is 0 Å². The zero-order chi connectivity index (χ0) is 24.0. The normalized spacial score (nSPS) is 13.3. The first-order valence-corrected chi connectivity index (χ1v) is 11.9. The lowest BCUT2D eigenvalue weighted by atomic mass is 10.2. The lowest BCUT2D eigenvalue weighted by Gasteiger charge is -2.22. The molecule has 3 heterocycles. The Kier molecular flexibility index (Phi) is 7.02. The van der Waals surface area contributed by atoms with E-state index in [4.69, 9.17) is 16.6 Å². The van der Waals surface area contributed by atoms with Gasteiger partial charge in [0.1, 0.15) is 5.82 Å². The van der Waals surface area contributed by atoms with Gasteiger partial charge in [0, 0.05) is 56.3 Å². The summed E-state index contributed by atoms with van der Waals surface area (Å²) in [6.45, 7) is 3.26. The molecule has 0 saturated carbocycles. The maximum absolute atomic E-state index is 13.8. The van der Waals surface area contributed by atoms with E-state index in [2.05, 4.69) is 32.7 Å². The molecule has 2 N–H and O–H groups in total. The highest BCUT2D eigenvalue weighted by Gasteiger charge is 2.29. The van der Waals surface area contributed by atoms with Crippen molar-refractivity contribution >= 4 is 23.3 Å². The average Bonchev–Trinajstić information content (AvgIpc) is 3.13. The van der Waals surface area contributed by atoms with E-state index in [1.807, 2.05) is 51.9 Å². The molecule has 9 heteroatoms. The summed E-state index contributed by atoms with van der Waals surface area (Å²) >= 11 is 6.18. The third-order valence-electron chi connectivity index (χ3n) is 5.86. The third kappa shape index (κ3) is 5.50. The molecule has 0 fully saturated rings. The van der Waals surface area contributed by atoms with Gasteiger partial charge in [-0.1, -0.05) is 54.1 Å². The minimum Gasteiger partial charge on any atom is -0.366 e. The second-order valence-corrected chi connectivity index (χ2v) is 8.82. The van der Waals surface area contributed by atoms with Crippen molar-refractivity contribution in [2.75, 3.05) is 18.4 Å². The fraction of sp³-hybridized carbons (Fsp3) is 0.231. The maximum Gasteiger partial charge on any atom is 0.274 e. The van der Waals surface area contributed by atoms with Crippen LogP contribution in [-0.4, -0.2) is 43.4 Å². The van der Waals surface area contributed by atoms with Gasteiger partial charge in [-0.15, -0.1) is 0 Å². The van der Waals surface area contributed by atoms with E-state index < -0.39 is 0 Å². The molecule has 4 aromatic rings. The van der Waals surface area contributed by atoms with Crippen molar-refractivity contribution in [2.24, 2.45) is 0 Å². The van der Waals surface area contributed by atoms with Crippen LogP contribution in [0.2, 0.25) is 5.02 Å². The number of imidazole rings is 1. The highest BCUT2D eigenvalue weighted by Crippen LogP contribution is 2.25. The van der Waals surface area contributed by atoms with Gasteiger partial charge in [-0.3, -0.25) is 14.8 Å². The van der Waals surface area contributed by atoms with E-state index in [9.17, 15) is 4.79 Å². The van der Waals surface area contributed by atoms with Crippen LogP contribution in [0.5, 0.6) is 0 Å². The van der Waals surface area contributed by atoms with Crippen LogP contribution in [0.1, 0.15) is 33.1 Å². The van der Waals surface area contributed by atoms with E-state index in [-0.39, 0.29) is 5.91 Å². The van der Waals surface area contributed by atoms with Gasteiger partial charge in [-0.25, -0.2) is 4.98 Å². The van der Waals surface area contributed by atoms with Crippen molar-refractivity contribution in [1.29, 1.82) is 0 Å². The van der Waals surface area contributed by atoms with Crippen LogP contribution in [0.15, 0.2) is 73.2 Å². The van der Waals surface area contributed by atoms with Crippen LogP contribution in [0, 0.1) is 0 Å². The Morgan fingerprint density at radius 1 is 1.00 bits per heavy atom. The summed E-state index contributed by atoms with van der Waals surface area (Å²) in [6.07, 6.45) is 5.06. The molecule has 35 heavy (non-hydrogen) atoms. The fourth-order valence-corrected chi connectivity index (χ4v) is 4.41. The van der Waals surface area contributed by atoms with E-state index in [0.29, 0.717) is 55.8 Å². The lowest BCUT2D eigenvalue weighted by molar-refractivity contribution is 0.0745. The average molecular weight is 488 g/mol. The number of amides is 1. The molecule has 0 spiro atoms. The summed E-state index contributed by atoms with van der Waals surface area (Å²) in [5.74, 6) is 1.36. The first-order chi connectivity index (χ1) is 17.2. The molecule has 0 bridgehead atoms. The van der Waals surface area contributed by atoms with E-state index in [0.717, 1.165) is 22.6 Å². The van der Waals surface area contributed by atoms with E-state index >= 15 is 0 Å². The van der Waals surface area contributed by atoms with Crippen molar-refractivity contribution in [3.8, 4) is 0 Å².